The normalized spacial score (nSPS) is 14.9. The number of pyridine rings is 1. The number of hydrogen-bond donors (Lipinski definition) is 1. The van der Waals surface area contributed by atoms with Gasteiger partial charge in [-0.1, -0.05) is 33.3 Å². The van der Waals surface area contributed by atoms with Crippen LogP contribution in [0.4, 0.5) is 0 Å². The molecule has 7 nitrogen and oxygen atoms in total. The molecule has 0 unspecified atom stereocenters. The zero-order chi connectivity index (χ0) is 23.9. The van der Waals surface area contributed by atoms with Gasteiger partial charge < -0.3 is 14.8 Å². The Bertz CT molecular complexity index is 758. The van der Waals surface area contributed by atoms with E-state index in [-0.39, 0.29) is 17.3 Å². The number of nitrogens with zero attached hydrogens (tertiary/aromatic N) is 2. The van der Waals surface area contributed by atoms with Gasteiger partial charge in [-0.2, -0.15) is 0 Å². The minimum absolute atomic E-state index is 0.0429. The number of aromatic nitrogens is 1. The molecule has 2 rings (SSSR count). The molecule has 2 heterocycles. The van der Waals surface area contributed by atoms with Gasteiger partial charge in [0.15, 0.2) is 0 Å². The van der Waals surface area contributed by atoms with E-state index < -0.39 is 0 Å². The first-order chi connectivity index (χ1) is 15.8. The lowest BCUT2D eigenvalue weighted by Crippen LogP contribution is -2.29. The smallest absolute Gasteiger partial charge is 0.306 e. The Balaban J connectivity index is 1.51. The maximum absolute atomic E-state index is 11.9. The first-order valence-corrected chi connectivity index (χ1v) is 12.9. The van der Waals surface area contributed by atoms with Crippen LogP contribution in [0.15, 0.2) is 30.5 Å². The summed E-state index contributed by atoms with van der Waals surface area (Å²) in [6, 6.07) is 4.04. The van der Waals surface area contributed by atoms with Crippen molar-refractivity contribution in [1.29, 1.82) is 0 Å². The van der Waals surface area contributed by atoms with Crippen LogP contribution in [0.2, 0.25) is 0 Å². The molecule has 0 aliphatic carbocycles. The highest BCUT2D eigenvalue weighted by Gasteiger charge is 2.16. The molecule has 184 valence electrons. The molecule has 0 spiro atoms. The Hall–Kier alpha value is -2.06. The lowest BCUT2D eigenvalue weighted by atomic mass is 9.93. The molecule has 1 aliphatic rings. The Labute approximate surface area is 202 Å². The predicted molar refractivity (Wildman–Crippen MR) is 133 cm³/mol. The first kappa shape index (κ1) is 27.2. The number of piperidine rings is 1. The van der Waals surface area contributed by atoms with Crippen molar-refractivity contribution in [2.75, 3.05) is 44.4 Å². The molecule has 1 fully saturated rings. The van der Waals surface area contributed by atoms with Crippen molar-refractivity contribution in [3.63, 3.8) is 0 Å². The molecule has 0 radical (unpaired) electrons. The van der Waals surface area contributed by atoms with E-state index in [0.29, 0.717) is 43.6 Å². The van der Waals surface area contributed by atoms with Gasteiger partial charge in [-0.25, -0.2) is 4.98 Å². The third kappa shape index (κ3) is 13.3. The minimum atomic E-state index is -0.191. The topological polar surface area (TPSA) is 80.8 Å². The first-order valence-electron chi connectivity index (χ1n) is 11.8. The van der Waals surface area contributed by atoms with Crippen molar-refractivity contribution in [3.8, 4) is 5.88 Å². The van der Waals surface area contributed by atoms with Crippen LogP contribution in [0.5, 0.6) is 5.88 Å². The molecule has 1 N–H and O–H groups in total. The van der Waals surface area contributed by atoms with Gasteiger partial charge in [0.1, 0.15) is 13.2 Å². The van der Waals surface area contributed by atoms with Gasteiger partial charge >= 0.3 is 5.97 Å². The van der Waals surface area contributed by atoms with Crippen LogP contribution in [-0.2, 0) is 20.9 Å². The maximum atomic E-state index is 11.9. The molecule has 0 bridgehead atoms. The van der Waals surface area contributed by atoms with Crippen molar-refractivity contribution in [1.82, 2.24) is 15.2 Å². The third-order valence-corrected chi connectivity index (χ3v) is 5.89. The highest BCUT2D eigenvalue weighted by Crippen LogP contribution is 2.19. The SMILES string of the molecule is CC(C)(C)CC(=O)OCCSCC(=O)NCC=CCOc1cc(CN2CCCCC2)ccn1. The van der Waals surface area contributed by atoms with Crippen molar-refractivity contribution >= 4 is 23.6 Å². The number of likely N-dealkylation sites (tertiary alicyclic amines) is 1. The average molecular weight is 478 g/mol. The Morgan fingerprint density at radius 2 is 2.00 bits per heavy atom. The summed E-state index contributed by atoms with van der Waals surface area (Å²) in [6.07, 6.45) is 9.83. The number of carbonyl (C=O) groups is 2. The fraction of sp³-hybridized carbons (Fsp3) is 0.640. The average Bonchev–Trinajstić information content (AvgIpc) is 2.75. The highest BCUT2D eigenvalue weighted by atomic mass is 32.2. The van der Waals surface area contributed by atoms with Crippen LogP contribution < -0.4 is 10.1 Å². The summed E-state index contributed by atoms with van der Waals surface area (Å²) in [5.74, 6) is 1.34. The molecule has 33 heavy (non-hydrogen) atoms. The van der Waals surface area contributed by atoms with Crippen LogP contribution in [0.25, 0.3) is 0 Å². The van der Waals surface area contributed by atoms with E-state index >= 15 is 0 Å². The van der Waals surface area contributed by atoms with Gasteiger partial charge in [-0.15, -0.1) is 11.8 Å². The van der Waals surface area contributed by atoms with E-state index in [9.17, 15) is 9.59 Å². The van der Waals surface area contributed by atoms with E-state index in [1.165, 1.54) is 36.6 Å². The van der Waals surface area contributed by atoms with Crippen molar-refractivity contribution in [3.05, 3.63) is 36.0 Å². The Morgan fingerprint density at radius 3 is 2.76 bits per heavy atom. The molecule has 1 aromatic rings. The van der Waals surface area contributed by atoms with Gasteiger partial charge in [-0.3, -0.25) is 14.5 Å². The maximum Gasteiger partial charge on any atom is 0.306 e. The molecule has 1 aromatic heterocycles. The third-order valence-electron chi connectivity index (χ3n) is 4.96. The predicted octanol–water partition coefficient (Wildman–Crippen LogP) is 3.83. The van der Waals surface area contributed by atoms with Crippen LogP contribution in [0.1, 0.15) is 52.0 Å². The van der Waals surface area contributed by atoms with Crippen molar-refractivity contribution in [2.45, 2.75) is 53.0 Å². The number of amides is 1. The molecule has 1 aliphatic heterocycles. The monoisotopic (exact) mass is 477 g/mol. The number of ether oxygens (including phenoxy) is 2. The molecule has 0 atom stereocenters. The standard InChI is InChI=1S/C25H39N3O4S/c1-25(2,3)18-24(30)32-15-16-33-20-22(29)26-10-5-8-14-31-23-17-21(9-11-27-23)19-28-12-6-4-7-13-28/h5,8-9,11,17H,4,6-7,10,12-16,18-20H2,1-3H3,(H,26,29). The fourth-order valence-electron chi connectivity index (χ4n) is 3.38. The summed E-state index contributed by atoms with van der Waals surface area (Å²) in [5, 5.41) is 2.84. The van der Waals surface area contributed by atoms with Gasteiger partial charge in [0, 0.05) is 31.1 Å². The second-order valence-electron chi connectivity index (χ2n) is 9.44. The molecule has 1 saturated heterocycles. The molecule has 0 aromatic carbocycles. The van der Waals surface area contributed by atoms with E-state index in [0.717, 1.165) is 19.6 Å². The number of esters is 1. The zero-order valence-corrected chi connectivity index (χ0v) is 21.1. The van der Waals surface area contributed by atoms with Crippen molar-refractivity contribution < 1.29 is 19.1 Å². The molecule has 0 saturated carbocycles. The van der Waals surface area contributed by atoms with Gasteiger partial charge in [0.2, 0.25) is 11.8 Å². The van der Waals surface area contributed by atoms with Crippen LogP contribution in [0.3, 0.4) is 0 Å². The summed E-state index contributed by atoms with van der Waals surface area (Å²) in [4.78, 5) is 30.3. The Morgan fingerprint density at radius 1 is 1.21 bits per heavy atom. The van der Waals surface area contributed by atoms with Crippen LogP contribution in [0, 0.1) is 5.41 Å². The van der Waals surface area contributed by atoms with E-state index in [1.807, 2.05) is 45.1 Å². The Kier molecular flexibility index (Phi) is 12.3. The number of rotatable bonds is 13. The van der Waals surface area contributed by atoms with Gasteiger partial charge in [0.25, 0.3) is 0 Å². The van der Waals surface area contributed by atoms with E-state index in [1.54, 1.807) is 6.20 Å². The lowest BCUT2D eigenvalue weighted by Gasteiger charge is -2.26. The number of hydrogen-bond acceptors (Lipinski definition) is 7. The van der Waals surface area contributed by atoms with Crippen LogP contribution >= 0.6 is 11.8 Å². The van der Waals surface area contributed by atoms with E-state index in [2.05, 4.69) is 15.2 Å². The summed E-state index contributed by atoms with van der Waals surface area (Å²) in [6.45, 7) is 10.5. The minimum Gasteiger partial charge on any atom is -0.473 e. The summed E-state index contributed by atoms with van der Waals surface area (Å²) in [5.41, 5.74) is 1.15. The van der Waals surface area contributed by atoms with Gasteiger partial charge in [-0.05, 0) is 49.1 Å². The number of nitrogens with one attached hydrogen (secondary N) is 1. The molecular formula is C25H39N3O4S. The number of thioether (sulfide) groups is 1. The fourth-order valence-corrected chi connectivity index (χ4v) is 4.01. The lowest BCUT2D eigenvalue weighted by molar-refractivity contribution is -0.145. The summed E-state index contributed by atoms with van der Waals surface area (Å²) in [7, 11) is 0. The molecule has 1 amide bonds. The summed E-state index contributed by atoms with van der Waals surface area (Å²) < 4.78 is 10.9. The van der Waals surface area contributed by atoms with Crippen molar-refractivity contribution in [2.24, 2.45) is 5.41 Å². The van der Waals surface area contributed by atoms with Crippen LogP contribution in [-0.4, -0.2) is 66.1 Å². The zero-order valence-electron chi connectivity index (χ0n) is 20.3. The van der Waals surface area contributed by atoms with Gasteiger partial charge in [0.05, 0.1) is 12.2 Å². The molecular weight excluding hydrogens is 438 g/mol. The highest BCUT2D eigenvalue weighted by molar-refractivity contribution is 7.99. The number of carbonyl (C=O) groups excluding carboxylic acids is 2. The second kappa shape index (κ2) is 15.0. The second-order valence-corrected chi connectivity index (χ2v) is 10.5. The molecule has 8 heteroatoms. The summed E-state index contributed by atoms with van der Waals surface area (Å²) >= 11 is 1.45. The largest absolute Gasteiger partial charge is 0.473 e. The van der Waals surface area contributed by atoms with E-state index in [4.69, 9.17) is 9.47 Å². The quantitative estimate of drug-likeness (QED) is 0.263.